The van der Waals surface area contributed by atoms with E-state index in [1.165, 1.54) is 0 Å². The fourth-order valence-electron chi connectivity index (χ4n) is 2.86. The summed E-state index contributed by atoms with van der Waals surface area (Å²) in [6, 6.07) is 19.7. The van der Waals surface area contributed by atoms with Crippen molar-refractivity contribution in [1.82, 2.24) is 25.2 Å². The van der Waals surface area contributed by atoms with Crippen molar-refractivity contribution in [3.8, 4) is 17.1 Å². The van der Waals surface area contributed by atoms with Gasteiger partial charge >= 0.3 is 11.8 Å². The van der Waals surface area contributed by atoms with Crippen LogP contribution in [0.3, 0.4) is 0 Å². The molecule has 0 aliphatic carbocycles. The lowest BCUT2D eigenvalue weighted by molar-refractivity contribution is 0.0910. The van der Waals surface area contributed by atoms with E-state index in [-0.39, 0.29) is 11.8 Å². The number of nitrogens with one attached hydrogen (secondary N) is 1. The number of carbonyl (C=O) groups excluding carboxylic acids is 1. The summed E-state index contributed by atoms with van der Waals surface area (Å²) in [5, 5.41) is 11.2. The molecule has 4 rings (SSSR count). The molecule has 140 valence electrons. The Morgan fingerprint density at radius 2 is 1.79 bits per heavy atom. The predicted octanol–water partition coefficient (Wildman–Crippen LogP) is 3.20. The minimum atomic E-state index is -0.386. The highest BCUT2D eigenvalue weighted by Gasteiger charge is 2.19. The van der Waals surface area contributed by atoms with Gasteiger partial charge in [0.2, 0.25) is 5.82 Å². The van der Waals surface area contributed by atoms with E-state index < -0.39 is 0 Å². The van der Waals surface area contributed by atoms with Gasteiger partial charge in [-0.3, -0.25) is 4.79 Å². The molecule has 0 bridgehead atoms. The summed E-state index contributed by atoms with van der Waals surface area (Å²) >= 11 is 0. The molecule has 28 heavy (non-hydrogen) atoms. The van der Waals surface area contributed by atoms with Crippen molar-refractivity contribution in [2.75, 3.05) is 6.54 Å². The third kappa shape index (κ3) is 3.83. The van der Waals surface area contributed by atoms with Gasteiger partial charge in [0, 0.05) is 12.7 Å². The first-order valence-electron chi connectivity index (χ1n) is 8.98. The zero-order valence-electron chi connectivity index (χ0n) is 15.4. The van der Waals surface area contributed by atoms with Crippen LogP contribution in [-0.4, -0.2) is 32.4 Å². The van der Waals surface area contributed by atoms with Crippen LogP contribution in [0.15, 0.2) is 71.4 Å². The number of nitrogens with zero attached hydrogens (tertiary/aromatic N) is 4. The van der Waals surface area contributed by atoms with Gasteiger partial charge in [-0.05, 0) is 31.0 Å². The van der Waals surface area contributed by atoms with Crippen LogP contribution in [0.2, 0.25) is 0 Å². The maximum Gasteiger partial charge on any atom is 0.316 e. The fourth-order valence-corrected chi connectivity index (χ4v) is 2.86. The molecule has 1 amide bonds. The van der Waals surface area contributed by atoms with Gasteiger partial charge in [-0.2, -0.15) is 10.1 Å². The quantitative estimate of drug-likeness (QED) is 0.561. The molecule has 0 unspecified atom stereocenters. The third-order valence-electron chi connectivity index (χ3n) is 4.32. The molecule has 2 heterocycles. The van der Waals surface area contributed by atoms with Crippen molar-refractivity contribution in [1.29, 1.82) is 0 Å². The third-order valence-corrected chi connectivity index (χ3v) is 4.32. The van der Waals surface area contributed by atoms with E-state index in [1.54, 1.807) is 4.68 Å². The summed E-state index contributed by atoms with van der Waals surface area (Å²) in [4.78, 5) is 16.5. The molecule has 7 nitrogen and oxygen atoms in total. The van der Waals surface area contributed by atoms with Crippen LogP contribution in [0.25, 0.3) is 17.1 Å². The molecule has 0 spiro atoms. The maximum atomic E-state index is 12.3. The number of benzene rings is 2. The molecule has 2 aromatic carbocycles. The summed E-state index contributed by atoms with van der Waals surface area (Å²) in [7, 11) is 0. The number of aryl methyl sites for hydroxylation is 1. The van der Waals surface area contributed by atoms with Gasteiger partial charge in [0.05, 0.1) is 16.9 Å². The minimum absolute atomic E-state index is 0.0603. The lowest BCUT2D eigenvalue weighted by Gasteiger charge is -2.02. The zero-order chi connectivity index (χ0) is 19.3. The van der Waals surface area contributed by atoms with Gasteiger partial charge in [0.25, 0.3) is 0 Å². The summed E-state index contributed by atoms with van der Waals surface area (Å²) in [5.74, 6) is -0.106. The van der Waals surface area contributed by atoms with E-state index in [0.29, 0.717) is 12.4 Å². The Morgan fingerprint density at radius 1 is 1.07 bits per heavy atom. The lowest BCUT2D eigenvalue weighted by Crippen LogP contribution is -2.25. The van der Waals surface area contributed by atoms with Crippen molar-refractivity contribution >= 4 is 5.91 Å². The highest BCUT2D eigenvalue weighted by molar-refractivity contribution is 5.89. The Labute approximate surface area is 162 Å². The first-order valence-corrected chi connectivity index (χ1v) is 8.98. The lowest BCUT2D eigenvalue weighted by atomic mass is 10.1. The van der Waals surface area contributed by atoms with Crippen LogP contribution in [0, 0.1) is 6.92 Å². The average molecular weight is 373 g/mol. The molecule has 0 aliphatic heterocycles. The van der Waals surface area contributed by atoms with E-state index in [1.807, 2.05) is 73.8 Å². The molecule has 0 fully saturated rings. The first-order chi connectivity index (χ1) is 13.7. The Bertz CT molecular complexity index is 1070. The highest BCUT2D eigenvalue weighted by Crippen LogP contribution is 2.21. The second kappa shape index (κ2) is 7.87. The molecule has 2 aromatic heterocycles. The van der Waals surface area contributed by atoms with Crippen LogP contribution >= 0.6 is 0 Å². The Balaban J connectivity index is 1.44. The molecule has 7 heteroatoms. The summed E-state index contributed by atoms with van der Waals surface area (Å²) in [6.45, 7) is 2.36. The summed E-state index contributed by atoms with van der Waals surface area (Å²) < 4.78 is 6.89. The fraction of sp³-hybridized carbons (Fsp3) is 0.143. The largest absolute Gasteiger partial charge is 0.347 e. The highest BCUT2D eigenvalue weighted by atomic mass is 16.5. The molecule has 1 N–H and O–H groups in total. The minimum Gasteiger partial charge on any atom is -0.347 e. The Hall–Kier alpha value is -3.74. The number of amides is 1. The normalized spacial score (nSPS) is 10.8. The average Bonchev–Trinajstić information content (AvgIpc) is 3.36. The maximum absolute atomic E-state index is 12.3. The van der Waals surface area contributed by atoms with Gasteiger partial charge in [-0.15, -0.1) is 0 Å². The molecule has 0 radical (unpaired) electrons. The predicted molar refractivity (Wildman–Crippen MR) is 104 cm³/mol. The Morgan fingerprint density at radius 3 is 2.54 bits per heavy atom. The van der Waals surface area contributed by atoms with E-state index in [4.69, 9.17) is 4.52 Å². The molecule has 0 atom stereocenters. The second-order valence-corrected chi connectivity index (χ2v) is 6.32. The number of hydrogen-bond acceptors (Lipinski definition) is 5. The number of rotatable bonds is 6. The van der Waals surface area contributed by atoms with Crippen molar-refractivity contribution in [3.63, 3.8) is 0 Å². The molecule has 0 aliphatic rings. The van der Waals surface area contributed by atoms with Gasteiger partial charge in [0.1, 0.15) is 0 Å². The monoisotopic (exact) mass is 373 g/mol. The molecular formula is C21H19N5O2. The molecular weight excluding hydrogens is 354 g/mol. The number of carbonyl (C=O) groups is 1. The molecule has 4 aromatic rings. The second-order valence-electron chi connectivity index (χ2n) is 6.32. The van der Waals surface area contributed by atoms with Crippen molar-refractivity contribution in [2.45, 2.75) is 13.3 Å². The van der Waals surface area contributed by atoms with Gasteiger partial charge in [0.15, 0.2) is 0 Å². The van der Waals surface area contributed by atoms with Gasteiger partial charge in [-0.25, -0.2) is 4.68 Å². The van der Waals surface area contributed by atoms with Crippen molar-refractivity contribution in [2.24, 2.45) is 0 Å². The van der Waals surface area contributed by atoms with E-state index >= 15 is 0 Å². The van der Waals surface area contributed by atoms with Crippen molar-refractivity contribution in [3.05, 3.63) is 84.0 Å². The van der Waals surface area contributed by atoms with Crippen LogP contribution in [-0.2, 0) is 6.42 Å². The number of aromatic nitrogens is 4. The van der Waals surface area contributed by atoms with Crippen LogP contribution in [0.4, 0.5) is 0 Å². The van der Waals surface area contributed by atoms with Gasteiger partial charge < -0.3 is 9.84 Å². The van der Waals surface area contributed by atoms with E-state index in [0.717, 1.165) is 28.9 Å². The van der Waals surface area contributed by atoms with Crippen LogP contribution in [0.1, 0.15) is 21.9 Å². The van der Waals surface area contributed by atoms with Crippen molar-refractivity contribution < 1.29 is 9.32 Å². The van der Waals surface area contributed by atoms with E-state index in [2.05, 4.69) is 20.6 Å². The zero-order valence-corrected chi connectivity index (χ0v) is 15.4. The van der Waals surface area contributed by atoms with Crippen LogP contribution in [0.5, 0.6) is 0 Å². The SMILES string of the molecule is Cc1nn(-c2ccccc2)cc1-c1noc(C(=O)NCCc2ccccc2)n1. The molecule has 0 saturated heterocycles. The first kappa shape index (κ1) is 17.7. The summed E-state index contributed by atoms with van der Waals surface area (Å²) in [5.41, 5.74) is 3.55. The summed E-state index contributed by atoms with van der Waals surface area (Å²) in [6.07, 6.45) is 2.56. The molecule has 0 saturated carbocycles. The number of hydrogen-bond donors (Lipinski definition) is 1. The Kier molecular flexibility index (Phi) is 4.97. The van der Waals surface area contributed by atoms with Crippen LogP contribution < -0.4 is 5.32 Å². The van der Waals surface area contributed by atoms with E-state index in [9.17, 15) is 4.79 Å². The van der Waals surface area contributed by atoms with Gasteiger partial charge in [-0.1, -0.05) is 53.7 Å². The standard InChI is InChI=1S/C21H19N5O2/c1-15-18(14-26(24-15)17-10-6-3-7-11-17)19-23-21(28-25-19)20(27)22-13-12-16-8-4-2-5-9-16/h2-11,14H,12-13H2,1H3,(H,22,27). The topological polar surface area (TPSA) is 85.8 Å². The number of para-hydroxylation sites is 1. The smallest absolute Gasteiger partial charge is 0.316 e.